The van der Waals surface area contributed by atoms with Gasteiger partial charge in [-0.25, -0.2) is 8.42 Å². The van der Waals surface area contributed by atoms with E-state index in [-0.39, 0.29) is 0 Å². The van der Waals surface area contributed by atoms with E-state index < -0.39 is 21.8 Å². The molecule has 0 aliphatic carbocycles. The van der Waals surface area contributed by atoms with E-state index in [0.717, 1.165) is 29.5 Å². The van der Waals surface area contributed by atoms with Crippen LogP contribution in [0.1, 0.15) is 11.3 Å². The van der Waals surface area contributed by atoms with Gasteiger partial charge in [0.2, 0.25) is 10.0 Å². The summed E-state index contributed by atoms with van der Waals surface area (Å²) in [6.07, 6.45) is -1.68. The van der Waals surface area contributed by atoms with Crippen molar-refractivity contribution in [2.75, 3.05) is 11.0 Å². The number of sulfonamides is 1. The van der Waals surface area contributed by atoms with Gasteiger partial charge in [-0.05, 0) is 66.6 Å². The fourth-order valence-corrected chi connectivity index (χ4v) is 4.09. The molecule has 174 valence electrons. The molecule has 0 aliphatic rings. The maximum Gasteiger partial charge on any atom is 0.416 e. The maximum atomic E-state index is 12.9. The van der Waals surface area contributed by atoms with Crippen LogP contribution in [-0.2, 0) is 16.2 Å². The number of benzene rings is 2. The highest BCUT2D eigenvalue weighted by Gasteiger charge is 2.30. The van der Waals surface area contributed by atoms with Gasteiger partial charge in [-0.1, -0.05) is 24.3 Å². The number of nitrogens with zero attached hydrogens (tertiary/aromatic N) is 2. The Hall–Kier alpha value is -3.72. The summed E-state index contributed by atoms with van der Waals surface area (Å²) in [5.74, 6) is 0. The number of hydrogen-bond acceptors (Lipinski definition) is 4. The lowest BCUT2D eigenvalue weighted by atomic mass is 10.0. The second kappa shape index (κ2) is 8.90. The molecule has 0 bridgehead atoms. The second-order valence-corrected chi connectivity index (χ2v) is 9.59. The van der Waals surface area contributed by atoms with Gasteiger partial charge in [-0.15, -0.1) is 0 Å². The fraction of sp³-hybridized carbons (Fsp3) is 0.120. The number of rotatable bonds is 5. The molecule has 0 saturated heterocycles. The summed E-state index contributed by atoms with van der Waals surface area (Å²) in [5, 5.41) is 0. The van der Waals surface area contributed by atoms with Gasteiger partial charge in [0.25, 0.3) is 0 Å². The van der Waals surface area contributed by atoms with E-state index in [1.807, 2.05) is 31.2 Å². The zero-order valence-electron chi connectivity index (χ0n) is 18.3. The monoisotopic (exact) mass is 483 g/mol. The van der Waals surface area contributed by atoms with E-state index in [2.05, 4.69) is 14.7 Å². The van der Waals surface area contributed by atoms with Crippen molar-refractivity contribution in [1.29, 1.82) is 0 Å². The van der Waals surface area contributed by atoms with E-state index in [1.165, 1.54) is 12.1 Å². The summed E-state index contributed by atoms with van der Waals surface area (Å²) in [4.78, 5) is 8.98. The number of halogens is 3. The quantitative estimate of drug-likeness (QED) is 0.368. The topological polar surface area (TPSA) is 72.0 Å². The first-order valence-electron chi connectivity index (χ1n) is 10.2. The van der Waals surface area contributed by atoms with Crippen molar-refractivity contribution in [3.63, 3.8) is 0 Å². The Bertz CT molecular complexity index is 1450. The number of hydrogen-bond donors (Lipinski definition) is 1. The highest BCUT2D eigenvalue weighted by atomic mass is 32.2. The number of pyridine rings is 2. The average molecular weight is 484 g/mol. The maximum absolute atomic E-state index is 12.9. The Morgan fingerprint density at radius 3 is 2.15 bits per heavy atom. The van der Waals surface area contributed by atoms with Gasteiger partial charge in [0.05, 0.1) is 23.2 Å². The molecule has 0 atom stereocenters. The highest BCUT2D eigenvalue weighted by molar-refractivity contribution is 7.92. The van der Waals surface area contributed by atoms with E-state index in [0.29, 0.717) is 33.9 Å². The van der Waals surface area contributed by atoms with Gasteiger partial charge >= 0.3 is 6.18 Å². The molecule has 0 radical (unpaired) electrons. The molecule has 2 heterocycles. The molecule has 2 aromatic heterocycles. The standard InChI is InChI=1S/C25H20F3N3O2S/c1-16-12-20(17-6-8-21(9-7-17)25(26,27)28)15-24(30-16)19-10-11-29-23(14-19)18-4-3-5-22(13-18)31-34(2,32)33/h3-15,31H,1-2H3. The van der Waals surface area contributed by atoms with Crippen molar-refractivity contribution in [1.82, 2.24) is 9.97 Å². The predicted octanol–water partition coefficient (Wildman–Crippen LogP) is 6.18. The summed E-state index contributed by atoms with van der Waals surface area (Å²) in [5.41, 5.74) is 4.57. The zero-order chi connectivity index (χ0) is 24.5. The van der Waals surface area contributed by atoms with Crippen LogP contribution in [-0.4, -0.2) is 24.6 Å². The first-order chi connectivity index (χ1) is 16.0. The summed E-state index contributed by atoms with van der Waals surface area (Å²) in [7, 11) is -3.42. The highest BCUT2D eigenvalue weighted by Crippen LogP contribution is 2.32. The van der Waals surface area contributed by atoms with Crippen LogP contribution in [0.3, 0.4) is 0 Å². The molecule has 2 aromatic carbocycles. The normalized spacial score (nSPS) is 11.9. The van der Waals surface area contributed by atoms with Gasteiger partial charge in [0, 0.05) is 28.7 Å². The van der Waals surface area contributed by atoms with Crippen molar-refractivity contribution < 1.29 is 21.6 Å². The van der Waals surface area contributed by atoms with Crippen LogP contribution in [0, 0.1) is 6.92 Å². The van der Waals surface area contributed by atoms with Crippen LogP contribution in [0.5, 0.6) is 0 Å². The van der Waals surface area contributed by atoms with Crippen LogP contribution in [0.4, 0.5) is 18.9 Å². The summed E-state index contributed by atoms with van der Waals surface area (Å²) < 4.78 is 64.3. The third-order valence-electron chi connectivity index (χ3n) is 5.02. The smallest absolute Gasteiger partial charge is 0.284 e. The van der Waals surface area contributed by atoms with E-state index in [9.17, 15) is 21.6 Å². The lowest BCUT2D eigenvalue weighted by molar-refractivity contribution is -0.137. The Morgan fingerprint density at radius 2 is 1.47 bits per heavy atom. The van der Waals surface area contributed by atoms with Crippen LogP contribution >= 0.6 is 0 Å². The van der Waals surface area contributed by atoms with Gasteiger partial charge < -0.3 is 0 Å². The largest absolute Gasteiger partial charge is 0.416 e. The van der Waals surface area contributed by atoms with E-state index in [1.54, 1.807) is 30.5 Å². The van der Waals surface area contributed by atoms with Crippen molar-refractivity contribution in [2.24, 2.45) is 0 Å². The van der Waals surface area contributed by atoms with Gasteiger partial charge in [-0.3, -0.25) is 14.7 Å². The molecule has 0 aliphatic heterocycles. The minimum absolute atomic E-state index is 0.422. The number of aromatic nitrogens is 2. The first-order valence-corrected chi connectivity index (χ1v) is 12.1. The predicted molar refractivity (Wildman–Crippen MR) is 127 cm³/mol. The third-order valence-corrected chi connectivity index (χ3v) is 5.62. The summed E-state index contributed by atoms with van der Waals surface area (Å²) in [6, 6.07) is 19.1. The average Bonchev–Trinajstić information content (AvgIpc) is 2.77. The van der Waals surface area contributed by atoms with Gasteiger partial charge in [-0.2, -0.15) is 13.2 Å². The Balaban J connectivity index is 1.70. The van der Waals surface area contributed by atoms with Crippen LogP contribution in [0.15, 0.2) is 79.0 Å². The van der Waals surface area contributed by atoms with E-state index >= 15 is 0 Å². The zero-order valence-corrected chi connectivity index (χ0v) is 19.1. The molecule has 34 heavy (non-hydrogen) atoms. The molecular formula is C25H20F3N3O2S. The summed E-state index contributed by atoms with van der Waals surface area (Å²) >= 11 is 0. The summed E-state index contributed by atoms with van der Waals surface area (Å²) in [6.45, 7) is 1.82. The minimum Gasteiger partial charge on any atom is -0.284 e. The molecule has 0 saturated carbocycles. The molecule has 1 N–H and O–H groups in total. The van der Waals surface area contributed by atoms with Crippen molar-refractivity contribution >= 4 is 15.7 Å². The van der Waals surface area contributed by atoms with Crippen LogP contribution < -0.4 is 4.72 Å². The van der Waals surface area contributed by atoms with E-state index in [4.69, 9.17) is 0 Å². The molecule has 5 nitrogen and oxygen atoms in total. The van der Waals surface area contributed by atoms with Gasteiger partial charge in [0.1, 0.15) is 0 Å². The van der Waals surface area contributed by atoms with Crippen molar-refractivity contribution in [3.05, 3.63) is 90.3 Å². The first kappa shape index (κ1) is 23.4. The minimum atomic E-state index is -4.39. The molecule has 4 rings (SSSR count). The molecule has 0 unspecified atom stereocenters. The molecular weight excluding hydrogens is 463 g/mol. The molecule has 4 aromatic rings. The Morgan fingerprint density at radius 1 is 0.794 bits per heavy atom. The van der Waals surface area contributed by atoms with Crippen molar-refractivity contribution in [2.45, 2.75) is 13.1 Å². The molecule has 0 spiro atoms. The Kier molecular flexibility index (Phi) is 6.14. The second-order valence-electron chi connectivity index (χ2n) is 7.84. The molecule has 0 amide bonds. The van der Waals surface area contributed by atoms with Crippen LogP contribution in [0.2, 0.25) is 0 Å². The van der Waals surface area contributed by atoms with Crippen LogP contribution in [0.25, 0.3) is 33.6 Å². The Labute approximate surface area is 195 Å². The third kappa shape index (κ3) is 5.60. The number of anilines is 1. The molecule has 0 fully saturated rings. The number of aryl methyl sites for hydroxylation is 1. The van der Waals surface area contributed by atoms with Crippen molar-refractivity contribution in [3.8, 4) is 33.6 Å². The SMILES string of the molecule is Cc1cc(-c2ccc(C(F)(F)F)cc2)cc(-c2ccnc(-c3cccc(NS(C)(=O)=O)c3)c2)n1. The fourth-order valence-electron chi connectivity index (χ4n) is 3.54. The van der Waals surface area contributed by atoms with Gasteiger partial charge in [0.15, 0.2) is 0 Å². The lowest BCUT2D eigenvalue weighted by Crippen LogP contribution is -2.09. The molecule has 9 heteroatoms. The number of alkyl halides is 3. The lowest BCUT2D eigenvalue weighted by Gasteiger charge is -2.11. The number of nitrogens with one attached hydrogen (secondary N) is 1.